The van der Waals surface area contributed by atoms with E-state index in [9.17, 15) is 0 Å². The van der Waals surface area contributed by atoms with Crippen LogP contribution in [0.1, 0.15) is 43.5 Å². The highest BCUT2D eigenvalue weighted by Gasteiger charge is 2.23. The van der Waals surface area contributed by atoms with Crippen molar-refractivity contribution >= 4 is 17.2 Å². The second kappa shape index (κ2) is 4.18. The third-order valence-electron chi connectivity index (χ3n) is 3.29. The lowest BCUT2D eigenvalue weighted by Gasteiger charge is -2.25. The van der Waals surface area contributed by atoms with Crippen LogP contribution < -0.4 is 5.32 Å². The largest absolute Gasteiger partial charge is 0.370 e. The van der Waals surface area contributed by atoms with E-state index in [1.165, 1.54) is 11.3 Å². The first-order valence-corrected chi connectivity index (χ1v) is 7.05. The summed E-state index contributed by atoms with van der Waals surface area (Å²) in [6.45, 7) is 5.41. The molecule has 0 radical (unpaired) electrons. The molecular formula is C13H17N3S. The van der Waals surface area contributed by atoms with Gasteiger partial charge in [-0.05, 0) is 34.7 Å². The third kappa shape index (κ3) is 1.86. The molecule has 0 aliphatic carbocycles. The van der Waals surface area contributed by atoms with Crippen molar-refractivity contribution in [1.29, 1.82) is 0 Å². The summed E-state index contributed by atoms with van der Waals surface area (Å²) in [5.41, 5.74) is 2.56. The Balaban J connectivity index is 2.02. The molecule has 2 aromatic rings. The van der Waals surface area contributed by atoms with Crippen LogP contribution in [-0.4, -0.2) is 16.3 Å². The SMILES string of the molecule is CC(C)c1cc2n(n1)C(c1ccsc1)CCN2. The maximum atomic E-state index is 4.75. The van der Waals surface area contributed by atoms with Gasteiger partial charge in [-0.25, -0.2) is 4.68 Å². The van der Waals surface area contributed by atoms with Gasteiger partial charge in [-0.2, -0.15) is 16.4 Å². The lowest BCUT2D eigenvalue weighted by molar-refractivity contribution is 0.477. The molecule has 0 aromatic carbocycles. The van der Waals surface area contributed by atoms with E-state index in [-0.39, 0.29) is 0 Å². The first kappa shape index (κ1) is 10.8. The smallest absolute Gasteiger partial charge is 0.125 e. The van der Waals surface area contributed by atoms with E-state index in [1.54, 1.807) is 11.3 Å². The summed E-state index contributed by atoms with van der Waals surface area (Å²) in [5, 5.41) is 12.6. The highest BCUT2D eigenvalue weighted by Crippen LogP contribution is 2.32. The van der Waals surface area contributed by atoms with Crippen LogP contribution in [0.25, 0.3) is 0 Å². The van der Waals surface area contributed by atoms with E-state index in [4.69, 9.17) is 5.10 Å². The quantitative estimate of drug-likeness (QED) is 0.880. The Morgan fingerprint density at radius 2 is 2.41 bits per heavy atom. The van der Waals surface area contributed by atoms with Crippen LogP contribution in [-0.2, 0) is 0 Å². The molecule has 3 heterocycles. The minimum atomic E-state index is 0.407. The Morgan fingerprint density at radius 3 is 3.12 bits per heavy atom. The molecule has 3 nitrogen and oxygen atoms in total. The Labute approximate surface area is 105 Å². The first-order chi connectivity index (χ1) is 8.25. The molecule has 0 saturated heterocycles. The molecule has 0 spiro atoms. The van der Waals surface area contributed by atoms with E-state index in [0.717, 1.165) is 18.8 Å². The fraction of sp³-hybridized carbons (Fsp3) is 0.462. The second-order valence-corrected chi connectivity index (χ2v) is 5.62. The zero-order valence-electron chi connectivity index (χ0n) is 10.2. The number of thiophene rings is 1. The highest BCUT2D eigenvalue weighted by molar-refractivity contribution is 7.07. The summed E-state index contributed by atoms with van der Waals surface area (Å²) in [4.78, 5) is 0. The van der Waals surface area contributed by atoms with Crippen LogP contribution in [0.3, 0.4) is 0 Å². The summed E-state index contributed by atoms with van der Waals surface area (Å²) in [6.07, 6.45) is 1.11. The molecule has 4 heteroatoms. The molecule has 0 fully saturated rings. The van der Waals surface area contributed by atoms with Crippen LogP contribution in [0.15, 0.2) is 22.9 Å². The predicted molar refractivity (Wildman–Crippen MR) is 71.9 cm³/mol. The standard InChI is InChI=1S/C13H17N3S/c1-9(2)11-7-13-14-5-3-12(16(13)15-11)10-4-6-17-8-10/h4,6-9,12,14H,3,5H2,1-2H3. The number of aromatic nitrogens is 2. The molecule has 1 atom stereocenters. The Morgan fingerprint density at radius 1 is 1.53 bits per heavy atom. The highest BCUT2D eigenvalue weighted by atomic mass is 32.1. The van der Waals surface area contributed by atoms with E-state index < -0.39 is 0 Å². The number of hydrogen-bond acceptors (Lipinski definition) is 3. The van der Waals surface area contributed by atoms with E-state index in [0.29, 0.717) is 12.0 Å². The molecule has 0 amide bonds. The van der Waals surface area contributed by atoms with E-state index in [2.05, 4.69) is 46.7 Å². The first-order valence-electron chi connectivity index (χ1n) is 6.11. The topological polar surface area (TPSA) is 29.9 Å². The van der Waals surface area contributed by atoms with Gasteiger partial charge >= 0.3 is 0 Å². The van der Waals surface area contributed by atoms with Gasteiger partial charge in [-0.15, -0.1) is 0 Å². The molecular weight excluding hydrogens is 230 g/mol. The predicted octanol–water partition coefficient (Wildman–Crippen LogP) is 3.47. The monoisotopic (exact) mass is 247 g/mol. The van der Waals surface area contributed by atoms with E-state index >= 15 is 0 Å². The lowest BCUT2D eigenvalue weighted by atomic mass is 10.1. The molecule has 1 N–H and O–H groups in total. The summed E-state index contributed by atoms with van der Waals surface area (Å²) in [5.74, 6) is 1.65. The van der Waals surface area contributed by atoms with E-state index in [1.807, 2.05) is 0 Å². The van der Waals surface area contributed by atoms with Crippen molar-refractivity contribution in [1.82, 2.24) is 9.78 Å². The minimum absolute atomic E-state index is 0.407. The van der Waals surface area contributed by atoms with Gasteiger partial charge in [0.05, 0.1) is 11.7 Å². The van der Waals surface area contributed by atoms with Gasteiger partial charge in [-0.1, -0.05) is 13.8 Å². The lowest BCUT2D eigenvalue weighted by Crippen LogP contribution is -2.23. The summed E-state index contributed by atoms with van der Waals surface area (Å²) < 4.78 is 2.15. The normalized spacial score (nSPS) is 19.1. The number of nitrogens with zero attached hydrogens (tertiary/aromatic N) is 2. The van der Waals surface area contributed by atoms with Crippen molar-refractivity contribution in [2.24, 2.45) is 0 Å². The number of fused-ring (bicyclic) bond motifs is 1. The molecule has 17 heavy (non-hydrogen) atoms. The van der Waals surface area contributed by atoms with Crippen LogP contribution >= 0.6 is 11.3 Å². The second-order valence-electron chi connectivity index (χ2n) is 4.84. The summed E-state index contributed by atoms with van der Waals surface area (Å²) in [6, 6.07) is 4.80. The van der Waals surface area contributed by atoms with Gasteiger partial charge in [-0.3, -0.25) is 0 Å². The number of anilines is 1. The Hall–Kier alpha value is -1.29. The van der Waals surface area contributed by atoms with Gasteiger partial charge in [0.25, 0.3) is 0 Å². The van der Waals surface area contributed by atoms with Crippen molar-refractivity contribution in [3.8, 4) is 0 Å². The van der Waals surface area contributed by atoms with Crippen LogP contribution in [0.5, 0.6) is 0 Å². The molecule has 0 bridgehead atoms. The number of rotatable bonds is 2. The van der Waals surface area contributed by atoms with Gasteiger partial charge < -0.3 is 5.32 Å². The molecule has 1 unspecified atom stereocenters. The molecule has 90 valence electrons. The van der Waals surface area contributed by atoms with Crippen molar-refractivity contribution in [3.05, 3.63) is 34.2 Å². The van der Waals surface area contributed by atoms with Gasteiger partial charge in [0, 0.05) is 12.6 Å². The maximum absolute atomic E-state index is 4.75. The maximum Gasteiger partial charge on any atom is 0.125 e. The van der Waals surface area contributed by atoms with Gasteiger partial charge in [0.2, 0.25) is 0 Å². The number of nitrogens with one attached hydrogen (secondary N) is 1. The van der Waals surface area contributed by atoms with Crippen molar-refractivity contribution in [2.45, 2.75) is 32.2 Å². The van der Waals surface area contributed by atoms with Crippen molar-refractivity contribution in [3.63, 3.8) is 0 Å². The fourth-order valence-electron chi connectivity index (χ4n) is 2.30. The molecule has 0 saturated carbocycles. The molecule has 1 aliphatic rings. The van der Waals surface area contributed by atoms with Crippen LogP contribution in [0, 0.1) is 0 Å². The third-order valence-corrected chi connectivity index (χ3v) is 3.99. The minimum Gasteiger partial charge on any atom is -0.370 e. The van der Waals surface area contributed by atoms with Crippen LogP contribution in [0.4, 0.5) is 5.82 Å². The van der Waals surface area contributed by atoms with Crippen molar-refractivity contribution < 1.29 is 0 Å². The Bertz CT molecular complexity index is 499. The zero-order chi connectivity index (χ0) is 11.8. The fourth-order valence-corrected chi connectivity index (χ4v) is 3.00. The summed E-state index contributed by atoms with van der Waals surface area (Å²) >= 11 is 1.76. The van der Waals surface area contributed by atoms with Gasteiger partial charge in [0.15, 0.2) is 0 Å². The van der Waals surface area contributed by atoms with Crippen molar-refractivity contribution in [2.75, 3.05) is 11.9 Å². The average molecular weight is 247 g/mol. The summed E-state index contributed by atoms with van der Waals surface area (Å²) in [7, 11) is 0. The Kier molecular flexibility index (Phi) is 2.67. The number of hydrogen-bond donors (Lipinski definition) is 1. The average Bonchev–Trinajstić information content (AvgIpc) is 2.97. The van der Waals surface area contributed by atoms with Crippen LogP contribution in [0.2, 0.25) is 0 Å². The molecule has 3 rings (SSSR count). The van der Waals surface area contributed by atoms with Gasteiger partial charge in [0.1, 0.15) is 5.82 Å². The molecule has 2 aromatic heterocycles. The molecule has 1 aliphatic heterocycles. The zero-order valence-corrected chi connectivity index (χ0v) is 11.0.